The van der Waals surface area contributed by atoms with Crippen molar-refractivity contribution in [3.05, 3.63) is 59.9 Å². The number of hydrogen-bond donors (Lipinski definition) is 0. The number of aromatic nitrogens is 2. The van der Waals surface area contributed by atoms with Gasteiger partial charge in [0.15, 0.2) is 5.71 Å². The van der Waals surface area contributed by atoms with E-state index >= 15 is 0 Å². The van der Waals surface area contributed by atoms with Gasteiger partial charge in [-0.15, -0.1) is 0 Å². The molecule has 166 valence electrons. The maximum absolute atomic E-state index is 13.4. The van der Waals surface area contributed by atoms with E-state index in [-0.39, 0.29) is 5.91 Å². The van der Waals surface area contributed by atoms with Crippen LogP contribution in [0.2, 0.25) is 0 Å². The number of para-hydroxylation sites is 3. The molecule has 5 rings (SSSR count). The second kappa shape index (κ2) is 9.12. The van der Waals surface area contributed by atoms with Crippen molar-refractivity contribution in [1.29, 1.82) is 0 Å². The molecule has 0 N–H and O–H groups in total. The molecule has 0 saturated heterocycles. The van der Waals surface area contributed by atoms with E-state index < -0.39 is 0 Å². The van der Waals surface area contributed by atoms with Crippen LogP contribution in [0.4, 0.5) is 5.69 Å². The summed E-state index contributed by atoms with van der Waals surface area (Å²) in [5.41, 5.74) is 4.03. The quantitative estimate of drug-likeness (QED) is 0.376. The van der Waals surface area contributed by atoms with Gasteiger partial charge in [0.05, 0.1) is 23.3 Å². The van der Waals surface area contributed by atoms with Crippen LogP contribution in [0.5, 0.6) is 0 Å². The molecule has 2 heterocycles. The highest BCUT2D eigenvalue weighted by atomic mass is 16.6. The number of hydrogen-bond acceptors (Lipinski definition) is 5. The Morgan fingerprint density at radius 3 is 2.75 bits per heavy atom. The molecule has 7 nitrogen and oxygen atoms in total. The first-order valence-corrected chi connectivity index (χ1v) is 11.3. The number of ether oxygens (including phenoxy) is 1. The van der Waals surface area contributed by atoms with Crippen molar-refractivity contribution >= 4 is 28.3 Å². The lowest BCUT2D eigenvalue weighted by Gasteiger charge is -2.23. The third-order valence-electron chi connectivity index (χ3n) is 6.35. The van der Waals surface area contributed by atoms with Crippen molar-refractivity contribution in [1.82, 2.24) is 9.55 Å². The topological polar surface area (TPSA) is 69.0 Å². The number of benzene rings is 2. The zero-order chi connectivity index (χ0) is 21.9. The van der Waals surface area contributed by atoms with Crippen LogP contribution in [0.3, 0.4) is 0 Å². The highest BCUT2D eigenvalue weighted by molar-refractivity contribution is 6.54. The summed E-state index contributed by atoms with van der Waals surface area (Å²) in [4.78, 5) is 25.6. The molecular weight excluding hydrogens is 404 g/mol. The Bertz CT molecular complexity index is 1150. The second-order valence-corrected chi connectivity index (χ2v) is 8.46. The number of carbonyl (C=O) groups is 1. The monoisotopic (exact) mass is 432 g/mol. The largest absolute Gasteiger partial charge is 0.395 e. The molecule has 2 aliphatic rings. The van der Waals surface area contributed by atoms with Crippen LogP contribution in [0.1, 0.15) is 37.1 Å². The minimum atomic E-state index is -0.143. The van der Waals surface area contributed by atoms with E-state index in [1.165, 1.54) is 19.3 Å². The fourth-order valence-corrected chi connectivity index (χ4v) is 4.38. The number of nitrogens with zero attached hydrogens (tertiary/aromatic N) is 4. The third kappa shape index (κ3) is 3.88. The van der Waals surface area contributed by atoms with Crippen molar-refractivity contribution in [3.63, 3.8) is 0 Å². The van der Waals surface area contributed by atoms with E-state index in [4.69, 9.17) is 14.6 Å². The van der Waals surface area contributed by atoms with Gasteiger partial charge in [-0.25, -0.2) is 4.98 Å². The van der Waals surface area contributed by atoms with Crippen LogP contribution in [0, 0.1) is 5.92 Å². The summed E-state index contributed by atoms with van der Waals surface area (Å²) in [7, 11) is 1.71. The van der Waals surface area contributed by atoms with Gasteiger partial charge >= 0.3 is 0 Å². The van der Waals surface area contributed by atoms with Crippen molar-refractivity contribution < 1.29 is 14.4 Å². The van der Waals surface area contributed by atoms with Crippen molar-refractivity contribution in [2.45, 2.75) is 38.8 Å². The number of aryl methyl sites for hydroxylation is 1. The van der Waals surface area contributed by atoms with Crippen molar-refractivity contribution in [2.24, 2.45) is 11.1 Å². The lowest BCUT2D eigenvalue weighted by Crippen LogP contribution is -2.31. The van der Waals surface area contributed by atoms with Gasteiger partial charge in [-0.2, -0.15) is 0 Å². The molecule has 1 fully saturated rings. The summed E-state index contributed by atoms with van der Waals surface area (Å²) in [6.07, 6.45) is 4.49. The van der Waals surface area contributed by atoms with Gasteiger partial charge in [0.2, 0.25) is 0 Å². The smallest absolute Gasteiger partial charge is 0.281 e. The summed E-state index contributed by atoms with van der Waals surface area (Å²) in [5, 5.41) is 4.27. The minimum Gasteiger partial charge on any atom is -0.395 e. The molecule has 0 spiro atoms. The van der Waals surface area contributed by atoms with E-state index in [1.54, 1.807) is 12.0 Å². The number of carbonyl (C=O) groups excluding carboxylic acids is 1. The lowest BCUT2D eigenvalue weighted by atomic mass is 9.86. The normalized spacial score (nSPS) is 17.2. The molecule has 3 aromatic rings. The summed E-state index contributed by atoms with van der Waals surface area (Å²) in [6, 6.07) is 15.8. The Balaban J connectivity index is 1.43. The SMILES string of the molecule is COCCCn1c(CN2C(=O)/C(=N/OCC3CCC3)c3ccccc32)nc2ccccc21. The Morgan fingerprint density at radius 2 is 1.94 bits per heavy atom. The Morgan fingerprint density at radius 1 is 1.12 bits per heavy atom. The Kier molecular flexibility index (Phi) is 5.90. The molecule has 1 aliphatic heterocycles. The van der Waals surface area contributed by atoms with Crippen LogP contribution in [0.15, 0.2) is 53.7 Å². The molecule has 0 bridgehead atoms. The Labute approximate surface area is 187 Å². The minimum absolute atomic E-state index is 0.143. The second-order valence-electron chi connectivity index (χ2n) is 8.46. The van der Waals surface area contributed by atoms with Crippen molar-refractivity contribution in [3.8, 4) is 0 Å². The number of fused-ring (bicyclic) bond motifs is 2. The number of imidazole rings is 1. The molecular formula is C25H28N4O3. The van der Waals surface area contributed by atoms with Crippen LogP contribution >= 0.6 is 0 Å². The number of amides is 1. The van der Waals surface area contributed by atoms with Crippen LogP contribution in [-0.4, -0.2) is 41.5 Å². The third-order valence-corrected chi connectivity index (χ3v) is 6.35. The number of anilines is 1. The zero-order valence-electron chi connectivity index (χ0n) is 18.4. The van der Waals surface area contributed by atoms with Gasteiger partial charge < -0.3 is 14.1 Å². The fraction of sp³-hybridized carbons (Fsp3) is 0.400. The molecule has 0 unspecified atom stereocenters. The molecule has 1 saturated carbocycles. The standard InChI is InChI=1S/C25H28N4O3/c1-31-15-7-14-28-22-13-5-3-11-20(22)26-23(28)16-29-21-12-4-2-10-19(21)24(25(29)30)27-32-17-18-8-6-9-18/h2-5,10-13,18H,6-9,14-17H2,1H3/b27-24+. The van der Waals surface area contributed by atoms with E-state index in [2.05, 4.69) is 15.8 Å². The molecule has 7 heteroatoms. The van der Waals surface area contributed by atoms with E-state index in [9.17, 15) is 4.79 Å². The summed E-state index contributed by atoms with van der Waals surface area (Å²) >= 11 is 0. The molecule has 2 aromatic carbocycles. The average molecular weight is 433 g/mol. The van der Waals surface area contributed by atoms with Gasteiger partial charge in [0.1, 0.15) is 12.4 Å². The van der Waals surface area contributed by atoms with E-state index in [0.717, 1.165) is 41.1 Å². The van der Waals surface area contributed by atoms with Gasteiger partial charge in [0.25, 0.3) is 5.91 Å². The number of methoxy groups -OCH3 is 1. The summed E-state index contributed by atoms with van der Waals surface area (Å²) in [6.45, 7) is 2.40. The van der Waals surface area contributed by atoms with Gasteiger partial charge in [-0.05, 0) is 43.4 Å². The predicted molar refractivity (Wildman–Crippen MR) is 124 cm³/mol. The highest BCUT2D eigenvalue weighted by Gasteiger charge is 2.35. The first-order valence-electron chi connectivity index (χ1n) is 11.3. The average Bonchev–Trinajstić information content (AvgIpc) is 3.26. The summed E-state index contributed by atoms with van der Waals surface area (Å²) < 4.78 is 7.43. The molecule has 1 aromatic heterocycles. The Hall–Kier alpha value is -3.19. The first kappa shape index (κ1) is 20.7. The molecule has 0 atom stereocenters. The highest BCUT2D eigenvalue weighted by Crippen LogP contribution is 2.32. The maximum atomic E-state index is 13.4. The number of rotatable bonds is 9. The predicted octanol–water partition coefficient (Wildman–Crippen LogP) is 4.14. The van der Waals surface area contributed by atoms with E-state index in [1.807, 2.05) is 42.5 Å². The van der Waals surface area contributed by atoms with Gasteiger partial charge in [-0.1, -0.05) is 41.9 Å². The van der Waals surface area contributed by atoms with Gasteiger partial charge in [-0.3, -0.25) is 9.69 Å². The summed E-state index contributed by atoms with van der Waals surface area (Å²) in [5.74, 6) is 1.27. The molecule has 1 amide bonds. The van der Waals surface area contributed by atoms with Gasteiger partial charge in [0, 0.05) is 25.8 Å². The molecule has 1 aliphatic carbocycles. The molecule has 32 heavy (non-hydrogen) atoms. The van der Waals surface area contributed by atoms with Crippen LogP contribution in [-0.2, 0) is 27.5 Å². The van der Waals surface area contributed by atoms with Crippen LogP contribution < -0.4 is 4.90 Å². The fourth-order valence-electron chi connectivity index (χ4n) is 4.38. The van der Waals surface area contributed by atoms with E-state index in [0.29, 0.717) is 31.4 Å². The first-order chi connectivity index (χ1) is 15.8. The van der Waals surface area contributed by atoms with Crippen LogP contribution in [0.25, 0.3) is 11.0 Å². The zero-order valence-corrected chi connectivity index (χ0v) is 18.4. The maximum Gasteiger partial charge on any atom is 0.281 e. The lowest BCUT2D eigenvalue weighted by molar-refractivity contribution is -0.112. The number of oxime groups is 1. The molecule has 0 radical (unpaired) electrons. The van der Waals surface area contributed by atoms with Crippen molar-refractivity contribution in [2.75, 3.05) is 25.2 Å².